The van der Waals surface area contributed by atoms with Crippen molar-refractivity contribution in [3.63, 3.8) is 0 Å². The number of rotatable bonds is 3. The molecule has 0 N–H and O–H groups in total. The van der Waals surface area contributed by atoms with Crippen molar-refractivity contribution in [2.24, 2.45) is 4.99 Å². The number of carbonyl (C=O) groups excluding carboxylic acids is 3. The van der Waals surface area contributed by atoms with Gasteiger partial charge < -0.3 is 9.80 Å². The molecule has 3 aliphatic heterocycles. The van der Waals surface area contributed by atoms with E-state index in [1.807, 2.05) is 54.1 Å². The van der Waals surface area contributed by atoms with Crippen LogP contribution in [0.15, 0.2) is 41.2 Å². The van der Waals surface area contributed by atoms with Crippen LogP contribution in [0.2, 0.25) is 0 Å². The fraction of sp³-hybridized carbons (Fsp3) is 0.400. The lowest BCUT2D eigenvalue weighted by Crippen LogP contribution is -2.66. The van der Waals surface area contributed by atoms with Gasteiger partial charge in [0.2, 0.25) is 5.96 Å². The first-order valence-corrected chi connectivity index (χ1v) is 9.24. The third kappa shape index (κ3) is 2.44. The number of hydrogen-bond acceptors (Lipinski definition) is 6. The van der Waals surface area contributed by atoms with Crippen LogP contribution in [-0.2, 0) is 9.59 Å². The molecule has 1 aromatic carbocycles. The third-order valence-corrected chi connectivity index (χ3v) is 5.57. The molecule has 3 amide bonds. The number of guanidine groups is 1. The van der Waals surface area contributed by atoms with Crippen LogP contribution >= 0.6 is 0 Å². The summed E-state index contributed by atoms with van der Waals surface area (Å²) in [5.41, 5.74) is 3.00. The molecule has 3 unspecified atom stereocenters. The van der Waals surface area contributed by atoms with E-state index < -0.39 is 30.2 Å². The van der Waals surface area contributed by atoms with Crippen LogP contribution in [0.3, 0.4) is 0 Å². The van der Waals surface area contributed by atoms with Crippen LogP contribution in [0.5, 0.6) is 0 Å². The zero-order valence-corrected chi connectivity index (χ0v) is 16.6. The van der Waals surface area contributed by atoms with Gasteiger partial charge >= 0.3 is 6.03 Å². The number of anilines is 1. The normalized spacial score (nSPS) is 24.9. The Morgan fingerprint density at radius 1 is 1.21 bits per heavy atom. The first-order chi connectivity index (χ1) is 13.2. The lowest BCUT2D eigenvalue weighted by molar-refractivity contribution is -0.142. The molecule has 4 rings (SSSR count). The van der Waals surface area contributed by atoms with Crippen LogP contribution in [0, 0.1) is 6.92 Å². The number of ketones is 1. The number of aliphatic imine (C=N–C) groups is 1. The molecule has 3 atom stereocenters. The number of likely N-dealkylation sites (N-methyl/N-ethyl adjacent to an activating group) is 1. The number of fused-ring (bicyclic) bond motifs is 3. The number of aryl methyl sites for hydroxylation is 1. The highest BCUT2D eigenvalue weighted by Crippen LogP contribution is 2.37. The van der Waals surface area contributed by atoms with Crippen LogP contribution < -0.4 is 4.90 Å². The van der Waals surface area contributed by atoms with Gasteiger partial charge in [0.15, 0.2) is 18.0 Å². The molecule has 0 radical (unpaired) electrons. The van der Waals surface area contributed by atoms with Gasteiger partial charge in [0.05, 0.1) is 6.04 Å². The Hall–Kier alpha value is -3.16. The third-order valence-electron chi connectivity index (χ3n) is 5.57. The van der Waals surface area contributed by atoms with E-state index in [1.54, 1.807) is 14.0 Å². The molecule has 3 heterocycles. The number of nitrogens with zero attached hydrogens (tertiary/aromatic N) is 5. The summed E-state index contributed by atoms with van der Waals surface area (Å²) >= 11 is 0. The van der Waals surface area contributed by atoms with Crippen molar-refractivity contribution < 1.29 is 14.4 Å². The highest BCUT2D eigenvalue weighted by Gasteiger charge is 2.55. The molecule has 3 aliphatic rings. The Morgan fingerprint density at radius 3 is 2.57 bits per heavy atom. The van der Waals surface area contributed by atoms with E-state index in [2.05, 4.69) is 0 Å². The zero-order valence-electron chi connectivity index (χ0n) is 16.6. The van der Waals surface area contributed by atoms with Crippen molar-refractivity contribution in [1.29, 1.82) is 0 Å². The molecule has 1 saturated heterocycles. The SMILES string of the molecule is CC(=O)C(C)N1C(=O)C2C(N=C3N(c4cccc(C)c4)C(C)=CN32)N(C)C1=O. The summed E-state index contributed by atoms with van der Waals surface area (Å²) in [7, 11) is 1.62. The van der Waals surface area contributed by atoms with E-state index in [-0.39, 0.29) is 5.78 Å². The summed E-state index contributed by atoms with van der Waals surface area (Å²) < 4.78 is 0. The number of allylic oxidation sites excluding steroid dienone is 1. The fourth-order valence-corrected chi connectivity index (χ4v) is 3.94. The van der Waals surface area contributed by atoms with Crippen molar-refractivity contribution in [2.45, 2.75) is 45.9 Å². The second-order valence-corrected chi connectivity index (χ2v) is 7.53. The maximum atomic E-state index is 13.2. The van der Waals surface area contributed by atoms with Crippen LogP contribution in [-0.4, -0.2) is 63.7 Å². The average molecular weight is 381 g/mol. The molecule has 0 spiro atoms. The van der Waals surface area contributed by atoms with Crippen molar-refractivity contribution in [3.8, 4) is 0 Å². The van der Waals surface area contributed by atoms with Gasteiger partial charge in [-0.25, -0.2) is 9.79 Å². The van der Waals surface area contributed by atoms with E-state index >= 15 is 0 Å². The molecule has 0 aliphatic carbocycles. The lowest BCUT2D eigenvalue weighted by Gasteiger charge is -2.41. The van der Waals surface area contributed by atoms with E-state index in [0.29, 0.717) is 5.96 Å². The molecule has 8 heteroatoms. The van der Waals surface area contributed by atoms with Gasteiger partial charge in [-0.05, 0) is 45.4 Å². The largest absolute Gasteiger partial charge is 0.328 e. The molecular formula is C20H23N5O3. The molecule has 0 saturated carbocycles. The van der Waals surface area contributed by atoms with Crippen LogP contribution in [0.4, 0.5) is 10.5 Å². The zero-order chi connectivity index (χ0) is 20.3. The monoisotopic (exact) mass is 381 g/mol. The van der Waals surface area contributed by atoms with Crippen molar-refractivity contribution >= 4 is 29.4 Å². The van der Waals surface area contributed by atoms with Crippen LogP contribution in [0.1, 0.15) is 26.3 Å². The van der Waals surface area contributed by atoms with E-state index in [9.17, 15) is 14.4 Å². The number of carbonyl (C=O) groups is 3. The predicted molar refractivity (Wildman–Crippen MR) is 104 cm³/mol. The minimum absolute atomic E-state index is 0.234. The van der Waals surface area contributed by atoms with E-state index in [1.165, 1.54) is 11.8 Å². The summed E-state index contributed by atoms with van der Waals surface area (Å²) in [6.45, 7) is 6.93. The van der Waals surface area contributed by atoms with Crippen molar-refractivity contribution in [1.82, 2.24) is 14.7 Å². The van der Waals surface area contributed by atoms with Gasteiger partial charge in [0.1, 0.15) is 0 Å². The first-order valence-electron chi connectivity index (χ1n) is 9.24. The summed E-state index contributed by atoms with van der Waals surface area (Å²) in [6, 6.07) is 6.04. The molecular weight excluding hydrogens is 358 g/mol. The van der Waals surface area contributed by atoms with Gasteiger partial charge in [-0.1, -0.05) is 12.1 Å². The number of imide groups is 1. The highest BCUT2D eigenvalue weighted by molar-refractivity contribution is 6.11. The Labute approximate surface area is 163 Å². The Kier molecular flexibility index (Phi) is 4.02. The number of hydrogen-bond donors (Lipinski definition) is 0. The number of Topliss-reactive ketones (excluding diaryl/α,β-unsaturated/α-hetero) is 1. The second kappa shape index (κ2) is 6.19. The quantitative estimate of drug-likeness (QED) is 0.799. The average Bonchev–Trinajstić information content (AvgIpc) is 3.14. The summed E-state index contributed by atoms with van der Waals surface area (Å²) in [6.07, 6.45) is 1.26. The summed E-state index contributed by atoms with van der Waals surface area (Å²) in [5.74, 6) is -0.0182. The maximum absolute atomic E-state index is 13.2. The Morgan fingerprint density at radius 2 is 1.93 bits per heavy atom. The van der Waals surface area contributed by atoms with Crippen molar-refractivity contribution in [2.75, 3.05) is 11.9 Å². The molecule has 28 heavy (non-hydrogen) atoms. The number of urea groups is 1. The Bertz CT molecular complexity index is 953. The molecule has 1 aromatic rings. The standard InChI is InChI=1S/C20H23N5O3/c1-11-7-6-8-15(9-11)24-12(2)10-23-16-17(21-19(23)24)22(5)20(28)25(18(16)27)13(3)14(4)26/h6-10,13,16-17H,1-5H3. The van der Waals surface area contributed by atoms with Gasteiger partial charge in [0.25, 0.3) is 5.91 Å². The van der Waals surface area contributed by atoms with Gasteiger partial charge in [-0.2, -0.15) is 0 Å². The topological polar surface area (TPSA) is 76.5 Å². The summed E-state index contributed by atoms with van der Waals surface area (Å²) in [4.78, 5) is 48.8. The smallest absolute Gasteiger partial charge is 0.302 e. The molecule has 0 bridgehead atoms. The van der Waals surface area contributed by atoms with Gasteiger partial charge in [-0.15, -0.1) is 0 Å². The second-order valence-electron chi connectivity index (χ2n) is 7.53. The van der Waals surface area contributed by atoms with Crippen LogP contribution in [0.25, 0.3) is 0 Å². The lowest BCUT2D eigenvalue weighted by atomic mass is 10.1. The Balaban J connectivity index is 1.74. The molecule has 146 valence electrons. The van der Waals surface area contributed by atoms with Gasteiger partial charge in [-0.3, -0.25) is 19.4 Å². The van der Waals surface area contributed by atoms with E-state index in [0.717, 1.165) is 21.8 Å². The number of benzene rings is 1. The summed E-state index contributed by atoms with van der Waals surface area (Å²) in [5, 5.41) is 0. The minimum Gasteiger partial charge on any atom is -0.302 e. The van der Waals surface area contributed by atoms with Crippen molar-refractivity contribution in [3.05, 3.63) is 41.7 Å². The predicted octanol–water partition coefficient (Wildman–Crippen LogP) is 1.91. The number of amides is 3. The minimum atomic E-state index is -0.812. The molecule has 1 fully saturated rings. The maximum Gasteiger partial charge on any atom is 0.328 e. The van der Waals surface area contributed by atoms with Gasteiger partial charge in [0, 0.05) is 24.6 Å². The fourth-order valence-electron chi connectivity index (χ4n) is 3.94. The molecule has 0 aromatic heterocycles. The van der Waals surface area contributed by atoms with E-state index in [4.69, 9.17) is 4.99 Å². The highest BCUT2D eigenvalue weighted by atomic mass is 16.2. The molecule has 8 nitrogen and oxygen atoms in total. The first kappa shape index (κ1) is 18.2.